The number of ether oxygens (including phenoxy) is 3. The molecular weight excluding hydrogens is 530 g/mol. The Balaban J connectivity index is 2.03. The Labute approximate surface area is 240 Å². The number of carbonyl (C=O) groups excluding carboxylic acids is 2. The molecule has 0 bridgehead atoms. The third kappa shape index (κ3) is 8.34. The molecule has 1 amide bonds. The largest absolute Gasteiger partial charge is 0.492 e. The van der Waals surface area contributed by atoms with Gasteiger partial charge in [-0.2, -0.15) is 0 Å². The van der Waals surface area contributed by atoms with Crippen molar-refractivity contribution < 1.29 is 28.9 Å². The van der Waals surface area contributed by atoms with Gasteiger partial charge in [-0.1, -0.05) is 74.8 Å². The SMILES string of the molecule is CCOC(=O)C=CC(=O)N(CC(C)(C)C)c1ccc(Cl)cc1C(O)c1cccc(OCc2ccccc2)c1OC. The highest BCUT2D eigenvalue weighted by Gasteiger charge is 2.28. The van der Waals surface area contributed by atoms with Crippen molar-refractivity contribution in [1.82, 2.24) is 0 Å². The monoisotopic (exact) mass is 565 g/mol. The second-order valence-corrected chi connectivity index (χ2v) is 10.8. The van der Waals surface area contributed by atoms with Crippen LogP contribution >= 0.6 is 11.6 Å². The highest BCUT2D eigenvalue weighted by molar-refractivity contribution is 6.30. The average Bonchev–Trinajstić information content (AvgIpc) is 2.93. The first-order valence-corrected chi connectivity index (χ1v) is 13.4. The highest BCUT2D eigenvalue weighted by Crippen LogP contribution is 2.41. The van der Waals surface area contributed by atoms with Crippen LogP contribution in [0.25, 0.3) is 0 Å². The van der Waals surface area contributed by atoms with Crippen LogP contribution in [0.1, 0.15) is 50.5 Å². The molecule has 1 unspecified atom stereocenters. The van der Waals surface area contributed by atoms with E-state index in [2.05, 4.69) is 0 Å². The fourth-order valence-electron chi connectivity index (χ4n) is 4.15. The Morgan fingerprint density at radius 1 is 1.00 bits per heavy atom. The van der Waals surface area contributed by atoms with Crippen LogP contribution in [0.4, 0.5) is 5.69 Å². The molecule has 212 valence electrons. The lowest BCUT2D eigenvalue weighted by molar-refractivity contribution is -0.137. The summed E-state index contributed by atoms with van der Waals surface area (Å²) < 4.78 is 16.7. The summed E-state index contributed by atoms with van der Waals surface area (Å²) in [7, 11) is 1.51. The first-order valence-electron chi connectivity index (χ1n) is 13.0. The molecule has 3 rings (SSSR count). The molecule has 0 saturated carbocycles. The fraction of sp³-hybridized carbons (Fsp3) is 0.312. The van der Waals surface area contributed by atoms with E-state index in [1.165, 1.54) is 18.1 Å². The standard InChI is InChI=1S/C32H36ClNO6/c1-6-39-29(36)18-17-28(35)34(21-32(2,3)4)26-16-15-23(33)19-25(26)30(37)24-13-10-14-27(31(24)38-5)40-20-22-11-8-7-9-12-22/h7-19,30,37H,6,20-21H2,1-5H3. The van der Waals surface area contributed by atoms with E-state index in [1.54, 1.807) is 43.3 Å². The van der Waals surface area contributed by atoms with Gasteiger partial charge in [0.15, 0.2) is 11.5 Å². The molecule has 7 nitrogen and oxygen atoms in total. The number of nitrogens with zero attached hydrogens (tertiary/aromatic N) is 1. The molecule has 0 heterocycles. The second kappa shape index (κ2) is 14.0. The first-order chi connectivity index (χ1) is 19.0. The summed E-state index contributed by atoms with van der Waals surface area (Å²) in [6.45, 7) is 8.49. The maximum absolute atomic E-state index is 13.4. The normalized spacial score (nSPS) is 12.2. The van der Waals surface area contributed by atoms with E-state index in [0.29, 0.717) is 46.5 Å². The van der Waals surface area contributed by atoms with Crippen molar-refractivity contribution in [3.63, 3.8) is 0 Å². The third-order valence-electron chi connectivity index (χ3n) is 5.87. The van der Waals surface area contributed by atoms with Gasteiger partial charge in [0.25, 0.3) is 5.91 Å². The number of esters is 1. The van der Waals surface area contributed by atoms with Crippen molar-refractivity contribution >= 4 is 29.2 Å². The summed E-state index contributed by atoms with van der Waals surface area (Å²) in [4.78, 5) is 26.8. The number of rotatable bonds is 11. The van der Waals surface area contributed by atoms with E-state index in [4.69, 9.17) is 25.8 Å². The fourth-order valence-corrected chi connectivity index (χ4v) is 4.33. The van der Waals surface area contributed by atoms with E-state index in [0.717, 1.165) is 11.6 Å². The Hall–Kier alpha value is -3.81. The maximum atomic E-state index is 13.4. The smallest absolute Gasteiger partial charge is 0.330 e. The van der Waals surface area contributed by atoms with Gasteiger partial charge in [0.1, 0.15) is 12.7 Å². The number of benzene rings is 3. The van der Waals surface area contributed by atoms with Crippen molar-refractivity contribution in [1.29, 1.82) is 0 Å². The number of hydrogen-bond donors (Lipinski definition) is 1. The molecule has 0 aliphatic rings. The van der Waals surface area contributed by atoms with Crippen LogP contribution in [-0.4, -0.2) is 37.2 Å². The predicted octanol–water partition coefficient (Wildman–Crippen LogP) is 6.51. The van der Waals surface area contributed by atoms with E-state index < -0.39 is 18.0 Å². The van der Waals surface area contributed by atoms with Crippen LogP contribution in [0.5, 0.6) is 11.5 Å². The van der Waals surface area contributed by atoms with Gasteiger partial charge in [-0.05, 0) is 42.2 Å². The van der Waals surface area contributed by atoms with Crippen molar-refractivity contribution in [3.8, 4) is 11.5 Å². The van der Waals surface area contributed by atoms with Crippen molar-refractivity contribution in [2.45, 2.75) is 40.4 Å². The summed E-state index contributed by atoms with van der Waals surface area (Å²) in [5.74, 6) is -0.218. The van der Waals surface area contributed by atoms with E-state index >= 15 is 0 Å². The predicted molar refractivity (Wildman–Crippen MR) is 157 cm³/mol. The van der Waals surface area contributed by atoms with Crippen LogP contribution in [0.15, 0.2) is 78.9 Å². The number of hydrogen-bond acceptors (Lipinski definition) is 6. The summed E-state index contributed by atoms with van der Waals surface area (Å²) in [5, 5.41) is 12.1. The number of methoxy groups -OCH3 is 1. The molecule has 0 radical (unpaired) electrons. The van der Waals surface area contributed by atoms with Gasteiger partial charge < -0.3 is 24.2 Å². The summed E-state index contributed by atoms with van der Waals surface area (Å²) in [6, 6.07) is 20.0. The minimum absolute atomic E-state index is 0.201. The van der Waals surface area contributed by atoms with Gasteiger partial charge in [-0.3, -0.25) is 4.79 Å². The molecule has 0 fully saturated rings. The minimum Gasteiger partial charge on any atom is -0.492 e. The molecule has 0 spiro atoms. The van der Waals surface area contributed by atoms with Crippen molar-refractivity contribution in [2.24, 2.45) is 5.41 Å². The quantitative estimate of drug-likeness (QED) is 0.211. The number of amides is 1. The lowest BCUT2D eigenvalue weighted by atomic mass is 9.93. The van der Waals surface area contributed by atoms with Gasteiger partial charge in [-0.15, -0.1) is 0 Å². The zero-order chi connectivity index (χ0) is 29.3. The molecule has 40 heavy (non-hydrogen) atoms. The number of anilines is 1. The van der Waals surface area contributed by atoms with Gasteiger partial charge in [0.05, 0.1) is 19.4 Å². The zero-order valence-corrected chi connectivity index (χ0v) is 24.3. The van der Waals surface area contributed by atoms with Crippen LogP contribution in [-0.2, 0) is 20.9 Å². The summed E-state index contributed by atoms with van der Waals surface area (Å²) in [6.07, 6.45) is 1.06. The average molecular weight is 566 g/mol. The van der Waals surface area contributed by atoms with Gasteiger partial charge >= 0.3 is 5.97 Å². The molecule has 0 aliphatic carbocycles. The van der Waals surface area contributed by atoms with Crippen LogP contribution in [0, 0.1) is 5.41 Å². The molecular formula is C32H36ClNO6. The lowest BCUT2D eigenvalue weighted by Gasteiger charge is -2.32. The zero-order valence-electron chi connectivity index (χ0n) is 23.5. The Morgan fingerprint density at radius 2 is 1.73 bits per heavy atom. The van der Waals surface area contributed by atoms with Gasteiger partial charge in [0, 0.05) is 34.8 Å². The molecule has 3 aromatic carbocycles. The van der Waals surface area contributed by atoms with E-state index in [9.17, 15) is 14.7 Å². The highest BCUT2D eigenvalue weighted by atomic mass is 35.5. The Kier molecular flexibility index (Phi) is 10.8. The van der Waals surface area contributed by atoms with Gasteiger partial charge in [0.2, 0.25) is 0 Å². The molecule has 0 aliphatic heterocycles. The summed E-state index contributed by atoms with van der Waals surface area (Å²) >= 11 is 6.38. The Morgan fingerprint density at radius 3 is 2.38 bits per heavy atom. The van der Waals surface area contributed by atoms with E-state index in [-0.39, 0.29) is 12.0 Å². The Bertz CT molecular complexity index is 1330. The third-order valence-corrected chi connectivity index (χ3v) is 6.10. The van der Waals surface area contributed by atoms with Crippen molar-refractivity contribution in [3.05, 3.63) is 101 Å². The number of halogens is 1. The summed E-state index contributed by atoms with van der Waals surface area (Å²) in [5.41, 5.74) is 1.97. The topological polar surface area (TPSA) is 85.3 Å². The lowest BCUT2D eigenvalue weighted by Crippen LogP contribution is -2.38. The number of para-hydroxylation sites is 1. The number of aliphatic hydroxyl groups is 1. The van der Waals surface area contributed by atoms with E-state index in [1.807, 2.05) is 51.1 Å². The van der Waals surface area contributed by atoms with Crippen LogP contribution < -0.4 is 14.4 Å². The molecule has 8 heteroatoms. The van der Waals surface area contributed by atoms with Crippen molar-refractivity contribution in [2.75, 3.05) is 25.2 Å². The molecule has 0 aromatic heterocycles. The minimum atomic E-state index is -1.21. The van der Waals surface area contributed by atoms with Crippen LogP contribution in [0.3, 0.4) is 0 Å². The van der Waals surface area contributed by atoms with Gasteiger partial charge in [-0.25, -0.2) is 4.79 Å². The molecule has 3 aromatic rings. The number of aliphatic hydroxyl groups excluding tert-OH is 1. The second-order valence-electron chi connectivity index (χ2n) is 10.3. The maximum Gasteiger partial charge on any atom is 0.330 e. The van der Waals surface area contributed by atoms with Crippen LogP contribution in [0.2, 0.25) is 5.02 Å². The molecule has 1 atom stereocenters. The number of carbonyl (C=O) groups is 2. The molecule has 1 N–H and O–H groups in total. The first kappa shape index (κ1) is 30.7. The molecule has 0 saturated heterocycles.